The molecule has 2 aromatic heterocycles. The lowest BCUT2D eigenvalue weighted by molar-refractivity contribution is 0.102. The van der Waals surface area contributed by atoms with E-state index in [1.807, 2.05) is 0 Å². The van der Waals surface area contributed by atoms with Gasteiger partial charge in [0.1, 0.15) is 11.3 Å². The molecule has 0 spiro atoms. The van der Waals surface area contributed by atoms with Crippen LogP contribution in [0.1, 0.15) is 16.1 Å². The van der Waals surface area contributed by atoms with Crippen LogP contribution in [0.15, 0.2) is 29.0 Å². The molecule has 2 rings (SSSR count). The summed E-state index contributed by atoms with van der Waals surface area (Å²) >= 11 is 0. The lowest BCUT2D eigenvalue weighted by atomic mass is 10.2. The second-order valence-electron chi connectivity index (χ2n) is 3.12. The first kappa shape index (κ1) is 10.3. The number of aryl methyl sites for hydroxylation is 1. The van der Waals surface area contributed by atoms with E-state index in [1.54, 1.807) is 6.92 Å². The van der Waals surface area contributed by atoms with Gasteiger partial charge in [-0.15, -0.1) is 0 Å². The zero-order chi connectivity index (χ0) is 11.5. The number of rotatable bonds is 2. The van der Waals surface area contributed by atoms with E-state index in [-0.39, 0.29) is 5.91 Å². The van der Waals surface area contributed by atoms with Crippen LogP contribution in [0.2, 0.25) is 0 Å². The monoisotopic (exact) mass is 221 g/mol. The zero-order valence-corrected chi connectivity index (χ0v) is 8.40. The van der Waals surface area contributed by atoms with Crippen LogP contribution in [-0.2, 0) is 0 Å². The molecule has 82 valence electrons. The second-order valence-corrected chi connectivity index (χ2v) is 3.12. The predicted octanol–water partition coefficient (Wildman–Crippen LogP) is 1.77. The van der Waals surface area contributed by atoms with Crippen LogP contribution in [0.3, 0.4) is 0 Å². The highest BCUT2D eigenvalue weighted by Gasteiger charge is 2.12. The number of halogens is 1. The van der Waals surface area contributed by atoms with Gasteiger partial charge < -0.3 is 9.84 Å². The molecule has 0 unspecified atom stereocenters. The van der Waals surface area contributed by atoms with Gasteiger partial charge in [-0.25, -0.2) is 4.98 Å². The Morgan fingerprint density at radius 2 is 2.25 bits per heavy atom. The highest BCUT2D eigenvalue weighted by Crippen LogP contribution is 2.10. The van der Waals surface area contributed by atoms with Crippen molar-refractivity contribution in [3.8, 4) is 0 Å². The summed E-state index contributed by atoms with van der Waals surface area (Å²) in [5.41, 5.74) is 0.747. The molecule has 2 aromatic rings. The van der Waals surface area contributed by atoms with Crippen molar-refractivity contribution in [3.05, 3.63) is 41.8 Å². The fourth-order valence-corrected chi connectivity index (χ4v) is 1.16. The third-order valence-corrected chi connectivity index (χ3v) is 1.98. The number of nitrogens with one attached hydrogen (secondary N) is 1. The first-order chi connectivity index (χ1) is 7.66. The highest BCUT2D eigenvalue weighted by molar-refractivity contribution is 6.04. The summed E-state index contributed by atoms with van der Waals surface area (Å²) in [7, 11) is 0. The Kier molecular flexibility index (Phi) is 2.63. The predicted molar refractivity (Wildman–Crippen MR) is 53.4 cm³/mol. The summed E-state index contributed by atoms with van der Waals surface area (Å²) < 4.78 is 17.3. The Balaban J connectivity index is 2.14. The SMILES string of the molecule is Cc1oncc1C(=O)Nc1ccc(F)nc1. The van der Waals surface area contributed by atoms with E-state index in [1.165, 1.54) is 18.5 Å². The molecule has 0 fully saturated rings. The molecule has 0 radical (unpaired) electrons. The molecule has 0 aliphatic heterocycles. The number of carbonyl (C=O) groups excluding carboxylic acids is 1. The highest BCUT2D eigenvalue weighted by atomic mass is 19.1. The van der Waals surface area contributed by atoms with Gasteiger partial charge >= 0.3 is 0 Å². The van der Waals surface area contributed by atoms with Crippen LogP contribution in [0.4, 0.5) is 10.1 Å². The summed E-state index contributed by atoms with van der Waals surface area (Å²) in [6.07, 6.45) is 2.55. The molecular formula is C10H8FN3O2. The third-order valence-electron chi connectivity index (χ3n) is 1.98. The van der Waals surface area contributed by atoms with E-state index >= 15 is 0 Å². The van der Waals surface area contributed by atoms with Crippen molar-refractivity contribution >= 4 is 11.6 Å². The number of hydrogen-bond acceptors (Lipinski definition) is 4. The van der Waals surface area contributed by atoms with E-state index in [0.717, 1.165) is 6.07 Å². The summed E-state index contributed by atoms with van der Waals surface area (Å²) in [5.74, 6) is -0.543. The van der Waals surface area contributed by atoms with Crippen molar-refractivity contribution < 1.29 is 13.7 Å². The lowest BCUT2D eigenvalue weighted by Gasteiger charge is -2.02. The molecule has 16 heavy (non-hydrogen) atoms. The molecule has 0 aliphatic carbocycles. The van der Waals surface area contributed by atoms with Crippen LogP contribution in [0, 0.1) is 12.9 Å². The molecule has 5 nitrogen and oxygen atoms in total. The maximum absolute atomic E-state index is 12.5. The molecule has 1 N–H and O–H groups in total. The smallest absolute Gasteiger partial charge is 0.260 e. The number of hydrogen-bond donors (Lipinski definition) is 1. The Bertz CT molecular complexity index is 507. The topological polar surface area (TPSA) is 68.0 Å². The van der Waals surface area contributed by atoms with Crippen LogP contribution < -0.4 is 5.32 Å². The van der Waals surface area contributed by atoms with E-state index in [0.29, 0.717) is 17.0 Å². The van der Waals surface area contributed by atoms with Crippen molar-refractivity contribution in [1.82, 2.24) is 10.1 Å². The molecule has 6 heteroatoms. The van der Waals surface area contributed by atoms with E-state index < -0.39 is 5.95 Å². The first-order valence-corrected chi connectivity index (χ1v) is 4.51. The Morgan fingerprint density at radius 3 is 2.81 bits per heavy atom. The van der Waals surface area contributed by atoms with Gasteiger partial charge in [0.25, 0.3) is 5.91 Å². The fourth-order valence-electron chi connectivity index (χ4n) is 1.16. The largest absolute Gasteiger partial charge is 0.361 e. The van der Waals surface area contributed by atoms with Crippen LogP contribution in [0.5, 0.6) is 0 Å². The molecule has 0 bridgehead atoms. The van der Waals surface area contributed by atoms with E-state index in [4.69, 9.17) is 4.52 Å². The van der Waals surface area contributed by atoms with Gasteiger partial charge in [0.15, 0.2) is 0 Å². The van der Waals surface area contributed by atoms with Gasteiger partial charge in [-0.05, 0) is 19.1 Å². The first-order valence-electron chi connectivity index (χ1n) is 4.51. The van der Waals surface area contributed by atoms with Crippen LogP contribution >= 0.6 is 0 Å². The van der Waals surface area contributed by atoms with Gasteiger partial charge in [-0.2, -0.15) is 4.39 Å². The normalized spacial score (nSPS) is 10.1. The van der Waals surface area contributed by atoms with Gasteiger partial charge in [0, 0.05) is 0 Å². The van der Waals surface area contributed by atoms with Crippen LogP contribution in [0.25, 0.3) is 0 Å². The molecule has 0 atom stereocenters. The maximum atomic E-state index is 12.5. The van der Waals surface area contributed by atoms with E-state index in [9.17, 15) is 9.18 Å². The fraction of sp³-hybridized carbons (Fsp3) is 0.100. The number of amides is 1. The average molecular weight is 221 g/mol. The molecule has 0 saturated heterocycles. The number of pyridine rings is 1. The molecule has 0 aliphatic rings. The number of aromatic nitrogens is 2. The number of carbonyl (C=O) groups is 1. The zero-order valence-electron chi connectivity index (χ0n) is 8.40. The summed E-state index contributed by atoms with van der Waals surface area (Å²) in [6.45, 7) is 1.63. The quantitative estimate of drug-likeness (QED) is 0.784. The standard InChI is InChI=1S/C10H8FN3O2/c1-6-8(5-13-16-6)10(15)14-7-2-3-9(11)12-4-7/h2-5H,1H3,(H,14,15). The minimum atomic E-state index is -0.598. The maximum Gasteiger partial charge on any atom is 0.260 e. The second kappa shape index (κ2) is 4.09. The minimum Gasteiger partial charge on any atom is -0.361 e. The Hall–Kier alpha value is -2.24. The number of nitrogens with zero attached hydrogens (tertiary/aromatic N) is 2. The average Bonchev–Trinajstić information content (AvgIpc) is 2.68. The van der Waals surface area contributed by atoms with Gasteiger partial charge in [-0.3, -0.25) is 4.79 Å². The molecular weight excluding hydrogens is 213 g/mol. The lowest BCUT2D eigenvalue weighted by Crippen LogP contribution is -2.12. The van der Waals surface area contributed by atoms with Gasteiger partial charge in [0.2, 0.25) is 5.95 Å². The van der Waals surface area contributed by atoms with Crippen molar-refractivity contribution in [2.45, 2.75) is 6.92 Å². The molecule has 1 amide bonds. The Labute approximate surface area is 90.3 Å². The van der Waals surface area contributed by atoms with E-state index in [2.05, 4.69) is 15.5 Å². The molecule has 0 aromatic carbocycles. The summed E-state index contributed by atoms with van der Waals surface area (Å²) in [4.78, 5) is 15.1. The van der Waals surface area contributed by atoms with Gasteiger partial charge in [0.05, 0.1) is 18.1 Å². The molecule has 2 heterocycles. The number of anilines is 1. The summed E-state index contributed by atoms with van der Waals surface area (Å²) in [6, 6.07) is 2.58. The Morgan fingerprint density at radius 1 is 1.44 bits per heavy atom. The van der Waals surface area contributed by atoms with Gasteiger partial charge in [-0.1, -0.05) is 5.16 Å². The van der Waals surface area contributed by atoms with Crippen LogP contribution in [-0.4, -0.2) is 16.0 Å². The van der Waals surface area contributed by atoms with Crippen molar-refractivity contribution in [2.75, 3.05) is 5.32 Å². The third kappa shape index (κ3) is 2.05. The minimum absolute atomic E-state index is 0.337. The van der Waals surface area contributed by atoms with Crippen molar-refractivity contribution in [2.24, 2.45) is 0 Å². The van der Waals surface area contributed by atoms with Crippen molar-refractivity contribution in [3.63, 3.8) is 0 Å². The molecule has 0 saturated carbocycles. The summed E-state index contributed by atoms with van der Waals surface area (Å²) in [5, 5.41) is 6.03. The van der Waals surface area contributed by atoms with Crippen molar-refractivity contribution in [1.29, 1.82) is 0 Å².